The van der Waals surface area contributed by atoms with E-state index in [0.717, 1.165) is 36.7 Å². The average Bonchev–Trinajstić information content (AvgIpc) is 2.87. The topological polar surface area (TPSA) is 96.4 Å². The maximum absolute atomic E-state index is 12.6. The predicted molar refractivity (Wildman–Crippen MR) is 122 cm³/mol. The van der Waals surface area contributed by atoms with Gasteiger partial charge in [-0.1, -0.05) is 12.1 Å². The Kier molecular flexibility index (Phi) is 7.28. The summed E-state index contributed by atoms with van der Waals surface area (Å²) in [5, 5.41) is 11.2. The number of nitrogens with zero attached hydrogens (tertiary/aromatic N) is 6. The molecule has 1 aliphatic heterocycles. The molecule has 1 amide bonds. The van der Waals surface area contributed by atoms with Crippen LogP contribution in [0.15, 0.2) is 48.8 Å². The third-order valence-electron chi connectivity index (χ3n) is 5.47. The average molecular weight is 487 g/mol. The van der Waals surface area contributed by atoms with Crippen molar-refractivity contribution in [2.75, 3.05) is 36.4 Å². The van der Waals surface area contributed by atoms with Gasteiger partial charge in [-0.2, -0.15) is 13.2 Å². The molecule has 1 fully saturated rings. The van der Waals surface area contributed by atoms with Gasteiger partial charge in [-0.05, 0) is 23.8 Å². The van der Waals surface area contributed by atoms with Crippen LogP contribution in [0, 0.1) is 0 Å². The zero-order chi connectivity index (χ0) is 24.8. The Morgan fingerprint density at radius 2 is 1.71 bits per heavy atom. The number of aromatic nitrogens is 4. The summed E-state index contributed by atoms with van der Waals surface area (Å²) < 4.78 is 43.2. The number of amides is 1. The molecule has 12 heteroatoms. The van der Waals surface area contributed by atoms with E-state index in [9.17, 15) is 18.0 Å². The molecule has 4 rings (SSSR count). The largest absolute Gasteiger partial charge is 0.472 e. The quantitative estimate of drug-likeness (QED) is 0.543. The molecule has 3 aromatic rings. The molecule has 0 aromatic carbocycles. The minimum absolute atomic E-state index is 0.0222. The van der Waals surface area contributed by atoms with Gasteiger partial charge < -0.3 is 19.9 Å². The lowest BCUT2D eigenvalue weighted by Crippen LogP contribution is -2.48. The molecule has 0 saturated carbocycles. The fourth-order valence-corrected chi connectivity index (χ4v) is 3.48. The molecule has 35 heavy (non-hydrogen) atoms. The Morgan fingerprint density at radius 3 is 2.29 bits per heavy atom. The summed E-state index contributed by atoms with van der Waals surface area (Å²) in [6.45, 7) is 5.00. The number of piperazine rings is 1. The van der Waals surface area contributed by atoms with E-state index >= 15 is 0 Å². The molecule has 0 unspecified atom stereocenters. The van der Waals surface area contributed by atoms with Crippen molar-refractivity contribution < 1.29 is 22.7 Å². The molecule has 0 radical (unpaired) electrons. The maximum Gasteiger partial charge on any atom is 0.433 e. The summed E-state index contributed by atoms with van der Waals surface area (Å²) in [5.74, 6) is 1.75. The summed E-state index contributed by atoms with van der Waals surface area (Å²) >= 11 is 0. The van der Waals surface area contributed by atoms with Crippen LogP contribution < -0.4 is 15.0 Å². The Bertz CT molecular complexity index is 1120. The molecule has 9 nitrogen and oxygen atoms in total. The van der Waals surface area contributed by atoms with Crippen LogP contribution in [0.4, 0.5) is 24.8 Å². The summed E-state index contributed by atoms with van der Waals surface area (Å²) in [6, 6.07) is 9.48. The summed E-state index contributed by atoms with van der Waals surface area (Å²) in [5.41, 5.74) is 0.501. The second-order valence-electron chi connectivity index (χ2n) is 7.97. The zero-order valence-electron chi connectivity index (χ0n) is 19.0. The maximum atomic E-state index is 12.6. The number of ether oxygens (including phenoxy) is 1. The van der Waals surface area contributed by atoms with Crippen molar-refractivity contribution in [1.82, 2.24) is 25.1 Å². The van der Waals surface area contributed by atoms with E-state index in [-0.39, 0.29) is 18.4 Å². The van der Waals surface area contributed by atoms with Crippen molar-refractivity contribution >= 4 is 17.5 Å². The third kappa shape index (κ3) is 6.55. The van der Waals surface area contributed by atoms with Crippen LogP contribution in [0.3, 0.4) is 0 Å². The van der Waals surface area contributed by atoms with Gasteiger partial charge in [0.2, 0.25) is 11.8 Å². The van der Waals surface area contributed by atoms with Gasteiger partial charge >= 0.3 is 6.18 Å². The van der Waals surface area contributed by atoms with E-state index in [2.05, 4.69) is 30.4 Å². The first-order chi connectivity index (χ1) is 16.8. The molecular formula is C23H24F3N7O2. The van der Waals surface area contributed by atoms with Crippen LogP contribution in [0.25, 0.3) is 0 Å². The summed E-state index contributed by atoms with van der Waals surface area (Å²) in [4.78, 5) is 23.4. The molecule has 1 N–H and O–H groups in total. The Hall–Kier alpha value is -3.96. The molecule has 0 atom stereocenters. The Morgan fingerprint density at radius 1 is 0.971 bits per heavy atom. The number of halogens is 3. The van der Waals surface area contributed by atoms with Crippen molar-refractivity contribution in [2.45, 2.75) is 26.3 Å². The minimum Gasteiger partial charge on any atom is -0.472 e. The lowest BCUT2D eigenvalue weighted by atomic mass is 10.2. The highest BCUT2D eigenvalue weighted by atomic mass is 19.4. The molecule has 0 aliphatic carbocycles. The molecule has 0 spiro atoms. The molecule has 3 aromatic heterocycles. The molecule has 0 bridgehead atoms. The van der Waals surface area contributed by atoms with E-state index < -0.39 is 11.9 Å². The minimum atomic E-state index is -4.47. The fourth-order valence-electron chi connectivity index (χ4n) is 3.48. The normalized spacial score (nSPS) is 14.1. The number of carbonyl (C=O) groups excluding carboxylic acids is 1. The van der Waals surface area contributed by atoms with Gasteiger partial charge in [-0.3, -0.25) is 9.78 Å². The van der Waals surface area contributed by atoms with Crippen molar-refractivity contribution in [1.29, 1.82) is 0 Å². The third-order valence-corrected chi connectivity index (χ3v) is 5.47. The van der Waals surface area contributed by atoms with E-state index in [1.54, 1.807) is 25.3 Å². The summed E-state index contributed by atoms with van der Waals surface area (Å²) in [6.07, 6.45) is -1.56. The van der Waals surface area contributed by atoms with Gasteiger partial charge in [-0.25, -0.2) is 4.98 Å². The van der Waals surface area contributed by atoms with Crippen LogP contribution >= 0.6 is 0 Å². The van der Waals surface area contributed by atoms with Crippen molar-refractivity contribution in [3.63, 3.8) is 0 Å². The van der Waals surface area contributed by atoms with Gasteiger partial charge in [0.05, 0.1) is 0 Å². The van der Waals surface area contributed by atoms with E-state index in [1.165, 1.54) is 6.07 Å². The monoisotopic (exact) mass is 487 g/mol. The SMILES string of the molecule is CC(=O)N1CCN(c2ccc(CNc3ccc(OCc4ccc(C(F)(F)F)nc4)nn3)cn2)CC1. The number of anilines is 2. The standard InChI is InChI=1S/C23H24F3N7O2/c1-16(34)32-8-10-33(11-9-32)21-6-3-17(13-29-21)12-28-20-5-7-22(31-30-20)35-15-18-2-4-19(27-14-18)23(24,25)26/h2-7,13-14H,8-12,15H2,1H3,(H,28,30). The molecule has 184 valence electrons. The number of nitrogens with one attached hydrogen (secondary N) is 1. The fraction of sp³-hybridized carbons (Fsp3) is 0.348. The smallest absolute Gasteiger partial charge is 0.433 e. The van der Waals surface area contributed by atoms with Crippen molar-refractivity contribution in [3.05, 3.63) is 65.6 Å². The highest BCUT2D eigenvalue weighted by Gasteiger charge is 2.32. The lowest BCUT2D eigenvalue weighted by Gasteiger charge is -2.34. The second-order valence-corrected chi connectivity index (χ2v) is 7.97. The van der Waals surface area contributed by atoms with E-state index in [1.807, 2.05) is 17.0 Å². The zero-order valence-corrected chi connectivity index (χ0v) is 19.0. The predicted octanol–water partition coefficient (Wildman–Crippen LogP) is 3.15. The van der Waals surface area contributed by atoms with E-state index in [0.29, 0.717) is 31.0 Å². The van der Waals surface area contributed by atoms with Crippen molar-refractivity contribution in [3.8, 4) is 5.88 Å². The lowest BCUT2D eigenvalue weighted by molar-refractivity contribution is -0.141. The highest BCUT2D eigenvalue weighted by Crippen LogP contribution is 2.27. The number of alkyl halides is 3. The summed E-state index contributed by atoms with van der Waals surface area (Å²) in [7, 11) is 0. The van der Waals surface area contributed by atoms with Crippen LogP contribution in [0.1, 0.15) is 23.7 Å². The number of hydrogen-bond acceptors (Lipinski definition) is 8. The highest BCUT2D eigenvalue weighted by molar-refractivity contribution is 5.73. The van der Waals surface area contributed by atoms with Crippen LogP contribution in [0.5, 0.6) is 5.88 Å². The van der Waals surface area contributed by atoms with Crippen LogP contribution in [-0.4, -0.2) is 57.2 Å². The van der Waals surface area contributed by atoms with Gasteiger partial charge in [0.15, 0.2) is 0 Å². The van der Waals surface area contributed by atoms with Gasteiger partial charge in [0, 0.05) is 63.7 Å². The first-order valence-corrected chi connectivity index (χ1v) is 11.0. The van der Waals surface area contributed by atoms with E-state index in [4.69, 9.17) is 4.74 Å². The van der Waals surface area contributed by atoms with Gasteiger partial charge in [0.25, 0.3) is 0 Å². The Labute approximate surface area is 200 Å². The molecule has 1 aliphatic rings. The number of hydrogen-bond donors (Lipinski definition) is 1. The van der Waals surface area contributed by atoms with Crippen LogP contribution in [0.2, 0.25) is 0 Å². The number of carbonyl (C=O) groups is 1. The molecule has 4 heterocycles. The first-order valence-electron chi connectivity index (χ1n) is 11.0. The van der Waals surface area contributed by atoms with Gasteiger partial charge in [0.1, 0.15) is 23.9 Å². The number of pyridine rings is 2. The van der Waals surface area contributed by atoms with Crippen LogP contribution in [-0.2, 0) is 24.1 Å². The molecular weight excluding hydrogens is 463 g/mol. The van der Waals surface area contributed by atoms with Crippen molar-refractivity contribution in [2.24, 2.45) is 0 Å². The first kappa shape index (κ1) is 24.2. The molecule has 1 saturated heterocycles. The Balaban J connectivity index is 1.23. The number of rotatable bonds is 7. The second kappa shape index (κ2) is 10.5. The van der Waals surface area contributed by atoms with Gasteiger partial charge in [-0.15, -0.1) is 10.2 Å².